The zero-order valence-corrected chi connectivity index (χ0v) is 8.90. The molecule has 4 heteroatoms. The van der Waals surface area contributed by atoms with E-state index >= 15 is 0 Å². The van der Waals surface area contributed by atoms with Crippen LogP contribution in [-0.2, 0) is 0 Å². The van der Waals surface area contributed by atoms with Crippen molar-refractivity contribution in [2.75, 3.05) is 0 Å². The van der Waals surface area contributed by atoms with Gasteiger partial charge < -0.3 is 9.52 Å². The second-order valence-electron chi connectivity index (χ2n) is 3.74. The Morgan fingerprint density at radius 1 is 1.25 bits per heavy atom. The lowest BCUT2D eigenvalue weighted by Crippen LogP contribution is -2.07. The van der Waals surface area contributed by atoms with Gasteiger partial charge in [-0.3, -0.25) is 4.79 Å². The highest BCUT2D eigenvalue weighted by Gasteiger charge is 2.12. The van der Waals surface area contributed by atoms with E-state index in [2.05, 4.69) is 0 Å². The lowest BCUT2D eigenvalue weighted by Gasteiger charge is -2.03. The molecule has 0 saturated heterocycles. The second kappa shape index (κ2) is 3.48. The first kappa shape index (κ1) is 10.4. The fourth-order valence-corrected chi connectivity index (χ4v) is 1.77. The van der Waals surface area contributed by atoms with Crippen LogP contribution < -0.4 is 5.43 Å². The number of carbonyl (C=O) groups is 1. The SMILES string of the molecule is Cc1cc(C)c2c(=O)cc(C(=O)O)oc2c1. The number of carboxylic acid groups (broad SMARTS) is 1. The lowest BCUT2D eigenvalue weighted by atomic mass is 10.1. The van der Waals surface area contributed by atoms with Crippen molar-refractivity contribution in [3.8, 4) is 0 Å². The average molecular weight is 218 g/mol. The number of fused-ring (bicyclic) bond motifs is 1. The molecule has 82 valence electrons. The maximum Gasteiger partial charge on any atom is 0.371 e. The van der Waals surface area contributed by atoms with E-state index in [4.69, 9.17) is 9.52 Å². The molecule has 0 radical (unpaired) electrons. The van der Waals surface area contributed by atoms with Crippen LogP contribution in [0, 0.1) is 13.8 Å². The van der Waals surface area contributed by atoms with Gasteiger partial charge in [0.25, 0.3) is 0 Å². The molecule has 2 rings (SSSR count). The van der Waals surface area contributed by atoms with Crippen molar-refractivity contribution in [1.82, 2.24) is 0 Å². The largest absolute Gasteiger partial charge is 0.475 e. The molecule has 0 fully saturated rings. The summed E-state index contributed by atoms with van der Waals surface area (Å²) in [6.45, 7) is 3.66. The fraction of sp³-hybridized carbons (Fsp3) is 0.167. The van der Waals surface area contributed by atoms with Crippen LogP contribution in [0.25, 0.3) is 11.0 Å². The quantitative estimate of drug-likeness (QED) is 0.795. The molecule has 1 aromatic heterocycles. The molecule has 0 atom stereocenters. The number of hydrogen-bond donors (Lipinski definition) is 1. The van der Waals surface area contributed by atoms with Crippen LogP contribution in [0.3, 0.4) is 0 Å². The van der Waals surface area contributed by atoms with E-state index in [1.165, 1.54) is 0 Å². The summed E-state index contributed by atoms with van der Waals surface area (Å²) in [5, 5.41) is 9.22. The molecule has 1 aromatic carbocycles. The Bertz CT molecular complexity index is 637. The summed E-state index contributed by atoms with van der Waals surface area (Å²) in [6, 6.07) is 4.53. The lowest BCUT2D eigenvalue weighted by molar-refractivity contribution is 0.0663. The first-order valence-corrected chi connectivity index (χ1v) is 4.77. The molecule has 0 aliphatic heterocycles. The van der Waals surface area contributed by atoms with Crippen LogP contribution in [0.2, 0.25) is 0 Å². The predicted octanol–water partition coefficient (Wildman–Crippen LogP) is 2.11. The minimum Gasteiger partial charge on any atom is -0.475 e. The van der Waals surface area contributed by atoms with E-state index in [1.54, 1.807) is 13.0 Å². The Morgan fingerprint density at radius 2 is 1.94 bits per heavy atom. The monoisotopic (exact) mass is 218 g/mol. The Hall–Kier alpha value is -2.10. The van der Waals surface area contributed by atoms with Gasteiger partial charge in [0.2, 0.25) is 5.76 Å². The topological polar surface area (TPSA) is 67.5 Å². The first-order valence-electron chi connectivity index (χ1n) is 4.77. The number of benzene rings is 1. The zero-order chi connectivity index (χ0) is 11.9. The molecule has 1 N–H and O–H groups in total. The number of hydrogen-bond acceptors (Lipinski definition) is 3. The van der Waals surface area contributed by atoms with E-state index < -0.39 is 5.97 Å². The van der Waals surface area contributed by atoms with Crippen molar-refractivity contribution in [2.45, 2.75) is 13.8 Å². The third-order valence-corrected chi connectivity index (χ3v) is 2.38. The van der Waals surface area contributed by atoms with Gasteiger partial charge in [0.05, 0.1) is 5.39 Å². The highest BCUT2D eigenvalue weighted by molar-refractivity contribution is 5.88. The molecule has 0 bridgehead atoms. The molecule has 16 heavy (non-hydrogen) atoms. The molecule has 0 spiro atoms. The summed E-state index contributed by atoms with van der Waals surface area (Å²) < 4.78 is 5.17. The van der Waals surface area contributed by atoms with Gasteiger partial charge in [-0.1, -0.05) is 6.07 Å². The summed E-state index contributed by atoms with van der Waals surface area (Å²) in [6.07, 6.45) is 0. The van der Waals surface area contributed by atoms with Crippen LogP contribution >= 0.6 is 0 Å². The predicted molar refractivity (Wildman–Crippen MR) is 58.9 cm³/mol. The normalized spacial score (nSPS) is 10.6. The Balaban J connectivity index is 2.93. The summed E-state index contributed by atoms with van der Waals surface area (Å²) in [5.74, 6) is -1.57. The minimum absolute atomic E-state index is 0.322. The highest BCUT2D eigenvalue weighted by atomic mass is 16.4. The summed E-state index contributed by atoms with van der Waals surface area (Å²) in [7, 11) is 0. The zero-order valence-electron chi connectivity index (χ0n) is 8.90. The van der Waals surface area contributed by atoms with Crippen LogP contribution in [0.1, 0.15) is 21.7 Å². The van der Waals surface area contributed by atoms with Crippen molar-refractivity contribution in [3.63, 3.8) is 0 Å². The summed E-state index contributed by atoms with van der Waals surface area (Å²) >= 11 is 0. The molecular formula is C12H10O4. The molecule has 0 saturated carbocycles. The Labute approximate surface area is 91.1 Å². The molecule has 4 nitrogen and oxygen atoms in total. The number of rotatable bonds is 1. The van der Waals surface area contributed by atoms with Gasteiger partial charge in [-0.15, -0.1) is 0 Å². The third-order valence-electron chi connectivity index (χ3n) is 2.38. The van der Waals surface area contributed by atoms with Crippen molar-refractivity contribution in [2.24, 2.45) is 0 Å². The van der Waals surface area contributed by atoms with Crippen LogP contribution in [-0.4, -0.2) is 11.1 Å². The van der Waals surface area contributed by atoms with E-state index in [1.807, 2.05) is 13.0 Å². The van der Waals surface area contributed by atoms with Crippen molar-refractivity contribution in [3.05, 3.63) is 45.3 Å². The van der Waals surface area contributed by atoms with Crippen molar-refractivity contribution >= 4 is 16.9 Å². The highest BCUT2D eigenvalue weighted by Crippen LogP contribution is 2.18. The Kier molecular flexibility index (Phi) is 2.27. The summed E-state index contributed by atoms with van der Waals surface area (Å²) in [4.78, 5) is 22.4. The van der Waals surface area contributed by atoms with Gasteiger partial charge in [0.15, 0.2) is 5.43 Å². The maximum atomic E-state index is 11.7. The van der Waals surface area contributed by atoms with E-state index in [-0.39, 0.29) is 11.2 Å². The van der Waals surface area contributed by atoms with E-state index in [9.17, 15) is 9.59 Å². The molecule has 2 aromatic rings. The first-order chi connectivity index (χ1) is 7.49. The Morgan fingerprint density at radius 3 is 2.56 bits per heavy atom. The molecule has 0 aliphatic rings. The van der Waals surface area contributed by atoms with Gasteiger partial charge >= 0.3 is 5.97 Å². The van der Waals surface area contributed by atoms with Crippen LogP contribution in [0.15, 0.2) is 27.4 Å². The fourth-order valence-electron chi connectivity index (χ4n) is 1.77. The molecule has 1 heterocycles. The number of carboxylic acids is 1. The van der Waals surface area contributed by atoms with Gasteiger partial charge in [-0.2, -0.15) is 0 Å². The average Bonchev–Trinajstić information content (AvgIpc) is 2.15. The van der Waals surface area contributed by atoms with Gasteiger partial charge in [-0.05, 0) is 31.0 Å². The van der Waals surface area contributed by atoms with Gasteiger partial charge in [0.1, 0.15) is 5.58 Å². The standard InChI is InChI=1S/C12H10O4/c1-6-3-7(2)11-8(13)5-10(12(14)15)16-9(11)4-6/h3-5H,1-2H3,(H,14,15). The van der Waals surface area contributed by atoms with E-state index in [0.717, 1.165) is 17.2 Å². The van der Waals surface area contributed by atoms with Crippen LogP contribution in [0.4, 0.5) is 0 Å². The number of aryl methyl sites for hydroxylation is 2. The third kappa shape index (κ3) is 1.58. The minimum atomic E-state index is -1.24. The van der Waals surface area contributed by atoms with Crippen molar-refractivity contribution in [1.29, 1.82) is 0 Å². The smallest absolute Gasteiger partial charge is 0.371 e. The van der Waals surface area contributed by atoms with Crippen molar-refractivity contribution < 1.29 is 14.3 Å². The molecule has 0 unspecified atom stereocenters. The summed E-state index contributed by atoms with van der Waals surface area (Å²) in [5.41, 5.74) is 1.72. The van der Waals surface area contributed by atoms with Crippen LogP contribution in [0.5, 0.6) is 0 Å². The van der Waals surface area contributed by atoms with Gasteiger partial charge in [-0.25, -0.2) is 4.79 Å². The van der Waals surface area contributed by atoms with Gasteiger partial charge in [0, 0.05) is 6.07 Å². The molecular weight excluding hydrogens is 208 g/mol. The molecule has 0 amide bonds. The maximum absolute atomic E-state index is 11.7. The molecule has 0 aliphatic carbocycles. The number of aromatic carboxylic acids is 1. The van der Waals surface area contributed by atoms with E-state index in [0.29, 0.717) is 11.0 Å². The second-order valence-corrected chi connectivity index (χ2v) is 3.74.